The molecule has 1 amide bonds. The summed E-state index contributed by atoms with van der Waals surface area (Å²) in [6, 6.07) is 15.9. The Hall–Kier alpha value is -2.65. The summed E-state index contributed by atoms with van der Waals surface area (Å²) in [7, 11) is -3.54. The lowest BCUT2D eigenvalue weighted by Gasteiger charge is -2.15. The minimum atomic E-state index is -3.54. The zero-order chi connectivity index (χ0) is 22.4. The van der Waals surface area contributed by atoms with E-state index < -0.39 is 9.84 Å². The number of hydrogen-bond donors (Lipinski definition) is 1. The normalized spacial score (nSPS) is 12.5. The van der Waals surface area contributed by atoms with Crippen LogP contribution >= 0.6 is 11.8 Å². The number of anilines is 1. The van der Waals surface area contributed by atoms with Crippen molar-refractivity contribution >= 4 is 33.2 Å². The molecule has 0 saturated carbocycles. The first-order valence-electron chi connectivity index (χ1n) is 10.1. The molecule has 2 aromatic carbocycles. The first-order valence-corrected chi connectivity index (χ1v) is 12.6. The van der Waals surface area contributed by atoms with E-state index in [1.807, 2.05) is 45.0 Å². The number of nitrogens with zero attached hydrogens (tertiary/aromatic N) is 3. The van der Waals surface area contributed by atoms with Crippen LogP contribution in [0.15, 0.2) is 64.6 Å². The van der Waals surface area contributed by atoms with Crippen molar-refractivity contribution in [3.05, 3.63) is 66.0 Å². The molecule has 1 aromatic heterocycles. The highest BCUT2D eigenvalue weighted by Gasteiger charge is 2.25. The van der Waals surface area contributed by atoms with Gasteiger partial charge in [-0.2, -0.15) is 0 Å². The number of sulfone groups is 1. The Morgan fingerprint density at radius 1 is 1.10 bits per heavy atom. The van der Waals surface area contributed by atoms with Gasteiger partial charge in [0.2, 0.25) is 5.91 Å². The predicted molar refractivity (Wildman–Crippen MR) is 123 cm³/mol. The number of carbonyl (C=O) groups is 1. The molecule has 1 N–H and O–H groups in total. The summed E-state index contributed by atoms with van der Waals surface area (Å²) in [5.74, 6) is -0.00459. The third-order valence-corrected chi connectivity index (χ3v) is 7.70. The van der Waals surface area contributed by atoms with Gasteiger partial charge in [-0.25, -0.2) is 8.42 Å². The second kappa shape index (κ2) is 10.1. The number of hydrogen-bond acceptors (Lipinski definition) is 6. The molecule has 3 aromatic rings. The van der Waals surface area contributed by atoms with Gasteiger partial charge in [0.1, 0.15) is 11.6 Å². The van der Waals surface area contributed by atoms with E-state index in [1.54, 1.807) is 34.9 Å². The Kier molecular flexibility index (Phi) is 7.50. The Balaban J connectivity index is 1.77. The molecule has 0 radical (unpaired) electrons. The molecule has 31 heavy (non-hydrogen) atoms. The van der Waals surface area contributed by atoms with Gasteiger partial charge in [0.05, 0.1) is 10.1 Å². The Labute approximate surface area is 187 Å². The predicted octanol–water partition coefficient (Wildman–Crippen LogP) is 4.09. The largest absolute Gasteiger partial charge is 0.325 e. The third kappa shape index (κ3) is 5.74. The molecule has 1 unspecified atom stereocenters. The second-order valence-electron chi connectivity index (χ2n) is 7.09. The average molecular weight is 459 g/mol. The fraction of sp³-hybridized carbons (Fsp3) is 0.318. The van der Waals surface area contributed by atoms with Crippen LogP contribution in [-0.4, -0.2) is 34.3 Å². The fourth-order valence-electron chi connectivity index (χ4n) is 3.11. The monoisotopic (exact) mass is 458 g/mol. The minimum absolute atomic E-state index is 0.123. The van der Waals surface area contributed by atoms with Crippen molar-refractivity contribution in [1.29, 1.82) is 0 Å². The van der Waals surface area contributed by atoms with Crippen LogP contribution < -0.4 is 5.32 Å². The Morgan fingerprint density at radius 2 is 1.84 bits per heavy atom. The summed E-state index contributed by atoms with van der Waals surface area (Å²) < 4.78 is 27.2. The van der Waals surface area contributed by atoms with Crippen molar-refractivity contribution in [2.45, 2.75) is 54.8 Å². The van der Waals surface area contributed by atoms with E-state index in [0.29, 0.717) is 23.9 Å². The van der Waals surface area contributed by atoms with Gasteiger partial charge in [0.15, 0.2) is 15.0 Å². The molecule has 7 nitrogen and oxygen atoms in total. The van der Waals surface area contributed by atoms with Crippen LogP contribution in [0.2, 0.25) is 0 Å². The lowest BCUT2D eigenvalue weighted by Crippen LogP contribution is -2.25. The number of amides is 1. The van der Waals surface area contributed by atoms with Crippen LogP contribution in [0.4, 0.5) is 5.69 Å². The number of nitrogens with one attached hydrogen (secondary N) is 1. The van der Waals surface area contributed by atoms with E-state index in [4.69, 9.17) is 0 Å². The molecular formula is C22H26N4O3S2. The van der Waals surface area contributed by atoms with E-state index in [0.717, 1.165) is 11.3 Å². The highest BCUT2D eigenvalue weighted by atomic mass is 32.2. The summed E-state index contributed by atoms with van der Waals surface area (Å²) in [6.07, 6.45) is 0.594. The molecule has 0 aliphatic rings. The molecule has 0 saturated heterocycles. The Morgan fingerprint density at radius 3 is 2.48 bits per heavy atom. The molecule has 1 atom stereocenters. The molecule has 0 aliphatic heterocycles. The summed E-state index contributed by atoms with van der Waals surface area (Å²) in [5, 5.41) is 11.4. The number of carbonyl (C=O) groups excluding carboxylic acids is 1. The van der Waals surface area contributed by atoms with Gasteiger partial charge in [0.25, 0.3) is 0 Å². The first kappa shape index (κ1) is 23.0. The molecule has 0 fully saturated rings. The number of benzene rings is 2. The summed E-state index contributed by atoms with van der Waals surface area (Å²) in [6.45, 7) is 6.31. The van der Waals surface area contributed by atoms with Gasteiger partial charge < -0.3 is 9.88 Å². The van der Waals surface area contributed by atoms with Crippen LogP contribution in [0.1, 0.15) is 31.7 Å². The van der Waals surface area contributed by atoms with Gasteiger partial charge >= 0.3 is 0 Å². The molecule has 164 valence electrons. The van der Waals surface area contributed by atoms with E-state index >= 15 is 0 Å². The smallest absolute Gasteiger partial charge is 0.237 e. The third-order valence-electron chi connectivity index (χ3n) is 4.73. The molecule has 0 bridgehead atoms. The van der Waals surface area contributed by atoms with Crippen LogP contribution in [-0.2, 0) is 26.9 Å². The molecule has 0 aliphatic carbocycles. The zero-order valence-corrected chi connectivity index (χ0v) is 19.4. The quantitative estimate of drug-likeness (QED) is 0.486. The van der Waals surface area contributed by atoms with E-state index in [9.17, 15) is 13.2 Å². The highest BCUT2D eigenvalue weighted by Crippen LogP contribution is 2.27. The maximum absolute atomic E-state index is 12.8. The van der Waals surface area contributed by atoms with Gasteiger partial charge in [-0.3, -0.25) is 4.79 Å². The second-order valence-corrected chi connectivity index (χ2v) is 10.2. The topological polar surface area (TPSA) is 93.9 Å². The summed E-state index contributed by atoms with van der Waals surface area (Å²) >= 11 is 1.30. The van der Waals surface area contributed by atoms with E-state index in [2.05, 4.69) is 15.5 Å². The van der Waals surface area contributed by atoms with Crippen LogP contribution in [0, 0.1) is 6.92 Å². The van der Waals surface area contributed by atoms with Gasteiger partial charge in [-0.05, 0) is 50.1 Å². The lowest BCUT2D eigenvalue weighted by atomic mass is 10.2. The van der Waals surface area contributed by atoms with Crippen molar-refractivity contribution in [3.8, 4) is 0 Å². The van der Waals surface area contributed by atoms with Crippen LogP contribution in [0.3, 0.4) is 0 Å². The Bertz CT molecular complexity index is 1140. The number of rotatable bonds is 9. The zero-order valence-electron chi connectivity index (χ0n) is 17.8. The van der Waals surface area contributed by atoms with Crippen molar-refractivity contribution in [1.82, 2.24) is 14.8 Å². The summed E-state index contributed by atoms with van der Waals surface area (Å²) in [4.78, 5) is 13.0. The minimum Gasteiger partial charge on any atom is -0.325 e. The van der Waals surface area contributed by atoms with Crippen LogP contribution in [0.25, 0.3) is 0 Å². The average Bonchev–Trinajstić information content (AvgIpc) is 3.12. The van der Waals surface area contributed by atoms with E-state index in [-0.39, 0.29) is 21.8 Å². The van der Waals surface area contributed by atoms with E-state index in [1.165, 1.54) is 11.8 Å². The standard InChI is InChI=1S/C22H26N4O3S2/c1-4-19(21(27)23-17-11-9-10-16(3)14-17)30-22-25-24-20(26(22)5-2)15-31(28,29)18-12-7-6-8-13-18/h6-14,19H,4-5,15H2,1-3H3,(H,23,27). The highest BCUT2D eigenvalue weighted by molar-refractivity contribution is 8.00. The number of aromatic nitrogens is 3. The number of thioether (sulfide) groups is 1. The van der Waals surface area contributed by atoms with Crippen molar-refractivity contribution in [2.75, 3.05) is 5.32 Å². The van der Waals surface area contributed by atoms with Crippen molar-refractivity contribution < 1.29 is 13.2 Å². The van der Waals surface area contributed by atoms with Gasteiger partial charge in [-0.1, -0.05) is 49.0 Å². The van der Waals surface area contributed by atoms with Crippen LogP contribution in [0.5, 0.6) is 0 Å². The fourth-order valence-corrected chi connectivity index (χ4v) is 5.44. The molecular weight excluding hydrogens is 432 g/mol. The molecule has 3 rings (SSSR count). The van der Waals surface area contributed by atoms with Crippen molar-refractivity contribution in [2.24, 2.45) is 0 Å². The first-order chi connectivity index (χ1) is 14.8. The van der Waals surface area contributed by atoms with Gasteiger partial charge in [0, 0.05) is 12.2 Å². The lowest BCUT2D eigenvalue weighted by molar-refractivity contribution is -0.115. The molecule has 0 spiro atoms. The van der Waals surface area contributed by atoms with Gasteiger partial charge in [-0.15, -0.1) is 10.2 Å². The summed E-state index contributed by atoms with van der Waals surface area (Å²) in [5.41, 5.74) is 1.81. The molecule has 9 heteroatoms. The van der Waals surface area contributed by atoms with Crippen molar-refractivity contribution in [3.63, 3.8) is 0 Å². The molecule has 1 heterocycles. The number of aryl methyl sites for hydroxylation is 1. The maximum Gasteiger partial charge on any atom is 0.237 e. The maximum atomic E-state index is 12.8. The SMILES string of the molecule is CCC(Sc1nnc(CS(=O)(=O)c2ccccc2)n1CC)C(=O)Nc1cccc(C)c1.